The Morgan fingerprint density at radius 3 is 2.50 bits per heavy atom. The number of hydrogen-bond donors (Lipinski definition) is 0. The quantitative estimate of drug-likeness (QED) is 0.548. The summed E-state index contributed by atoms with van der Waals surface area (Å²) in [6.07, 6.45) is 0. The highest BCUT2D eigenvalue weighted by Gasteiger charge is 2.13. The molecule has 0 aromatic heterocycles. The normalized spacial score (nSPS) is 10.3. The highest BCUT2D eigenvalue weighted by Crippen LogP contribution is 2.29. The van der Waals surface area contributed by atoms with Crippen LogP contribution >= 0.6 is 0 Å². The summed E-state index contributed by atoms with van der Waals surface area (Å²) in [5.41, 5.74) is 0.865. The molecule has 1 rings (SSSR count). The van der Waals surface area contributed by atoms with Crippen LogP contribution in [0.4, 0.5) is 5.69 Å². The summed E-state index contributed by atoms with van der Waals surface area (Å²) in [6.45, 7) is 3.78. The molecule has 0 heterocycles. The van der Waals surface area contributed by atoms with Crippen molar-refractivity contribution in [2.24, 2.45) is 0 Å². The Balaban J connectivity index is 3.20. The number of benzene rings is 1. The Labute approximate surface area is 82.7 Å². The van der Waals surface area contributed by atoms with Gasteiger partial charge in [-0.05, 0) is 6.07 Å². The molecule has 0 spiro atoms. The van der Waals surface area contributed by atoms with Gasteiger partial charge in [-0.3, -0.25) is 10.1 Å². The molecule has 4 heteroatoms. The molecule has 0 bridgehead atoms. The van der Waals surface area contributed by atoms with Gasteiger partial charge in [0.1, 0.15) is 5.75 Å². The fourth-order valence-electron chi connectivity index (χ4n) is 1.20. The van der Waals surface area contributed by atoms with E-state index in [1.807, 2.05) is 13.8 Å². The summed E-state index contributed by atoms with van der Waals surface area (Å²) < 4.78 is 5.10. The molecule has 0 saturated heterocycles. The largest absolute Gasteiger partial charge is 0.496 e. The molecule has 0 saturated carbocycles. The van der Waals surface area contributed by atoms with E-state index in [0.29, 0.717) is 5.75 Å². The van der Waals surface area contributed by atoms with Crippen LogP contribution in [0.3, 0.4) is 0 Å². The second-order valence-electron chi connectivity index (χ2n) is 3.14. The number of methoxy groups -OCH3 is 1. The van der Waals surface area contributed by atoms with Gasteiger partial charge < -0.3 is 4.74 Å². The zero-order chi connectivity index (χ0) is 10.7. The molecule has 4 nitrogen and oxygen atoms in total. The van der Waals surface area contributed by atoms with Crippen molar-refractivity contribution in [1.82, 2.24) is 0 Å². The fourth-order valence-corrected chi connectivity index (χ4v) is 1.20. The van der Waals surface area contributed by atoms with E-state index in [4.69, 9.17) is 4.74 Å². The number of nitro benzene ring substituents is 1. The van der Waals surface area contributed by atoms with E-state index in [9.17, 15) is 10.1 Å². The number of nitro groups is 1. The minimum Gasteiger partial charge on any atom is -0.496 e. The van der Waals surface area contributed by atoms with Crippen LogP contribution in [0.5, 0.6) is 5.75 Å². The first-order valence-electron chi connectivity index (χ1n) is 4.19. The lowest BCUT2D eigenvalue weighted by Crippen LogP contribution is -1.97. The minimum absolute atomic E-state index is 0.0852. The standard InChI is InChI=1S/C10H12NO3/c1-7(2)9-6-8(11(12)13)4-5-10(9)14-3/h4-6H,1-3H3. The van der Waals surface area contributed by atoms with Crippen molar-refractivity contribution < 1.29 is 9.66 Å². The molecule has 14 heavy (non-hydrogen) atoms. The third-order valence-corrected chi connectivity index (χ3v) is 1.93. The van der Waals surface area contributed by atoms with E-state index in [2.05, 4.69) is 0 Å². The minimum atomic E-state index is -0.411. The highest BCUT2D eigenvalue weighted by atomic mass is 16.6. The number of hydrogen-bond acceptors (Lipinski definition) is 3. The summed E-state index contributed by atoms with van der Waals surface area (Å²) >= 11 is 0. The lowest BCUT2D eigenvalue weighted by atomic mass is 10.0. The molecule has 0 amide bonds. The second kappa shape index (κ2) is 4.09. The van der Waals surface area contributed by atoms with Crippen LogP contribution in [-0.4, -0.2) is 12.0 Å². The van der Waals surface area contributed by atoms with Gasteiger partial charge in [-0.2, -0.15) is 0 Å². The first kappa shape index (κ1) is 10.5. The average Bonchev–Trinajstić information content (AvgIpc) is 2.16. The first-order chi connectivity index (χ1) is 6.56. The Kier molecular flexibility index (Phi) is 3.06. The smallest absolute Gasteiger partial charge is 0.269 e. The van der Waals surface area contributed by atoms with E-state index in [-0.39, 0.29) is 5.69 Å². The average molecular weight is 194 g/mol. The Hall–Kier alpha value is -1.58. The predicted molar refractivity (Wildman–Crippen MR) is 53.3 cm³/mol. The molecule has 1 radical (unpaired) electrons. The number of nitrogens with zero attached hydrogens (tertiary/aromatic N) is 1. The van der Waals surface area contributed by atoms with Crippen molar-refractivity contribution >= 4 is 5.69 Å². The highest BCUT2D eigenvalue weighted by molar-refractivity contribution is 5.49. The summed E-state index contributed by atoms with van der Waals surface area (Å²) in [5, 5.41) is 10.5. The van der Waals surface area contributed by atoms with E-state index < -0.39 is 4.92 Å². The Morgan fingerprint density at radius 2 is 2.07 bits per heavy atom. The fraction of sp³-hybridized carbons (Fsp3) is 0.300. The van der Waals surface area contributed by atoms with Gasteiger partial charge in [-0.25, -0.2) is 0 Å². The van der Waals surface area contributed by atoms with Crippen LogP contribution in [0.1, 0.15) is 19.4 Å². The molecule has 1 aromatic rings. The number of rotatable bonds is 3. The SMILES string of the molecule is COc1ccc([N+](=O)[O-])cc1[C](C)C. The van der Waals surface area contributed by atoms with Crippen LogP contribution < -0.4 is 4.74 Å². The zero-order valence-electron chi connectivity index (χ0n) is 8.40. The monoisotopic (exact) mass is 194 g/mol. The maximum atomic E-state index is 10.5. The van der Waals surface area contributed by atoms with Crippen LogP contribution in [0.15, 0.2) is 18.2 Å². The van der Waals surface area contributed by atoms with Crippen molar-refractivity contribution in [3.63, 3.8) is 0 Å². The molecule has 0 unspecified atom stereocenters. The molecule has 0 N–H and O–H groups in total. The van der Waals surface area contributed by atoms with Crippen molar-refractivity contribution in [1.29, 1.82) is 0 Å². The van der Waals surface area contributed by atoms with E-state index in [1.165, 1.54) is 12.1 Å². The molecule has 0 aliphatic rings. The third kappa shape index (κ3) is 2.02. The second-order valence-corrected chi connectivity index (χ2v) is 3.14. The van der Waals surface area contributed by atoms with Crippen LogP contribution in [0.25, 0.3) is 0 Å². The van der Waals surface area contributed by atoms with Crippen molar-refractivity contribution in [3.05, 3.63) is 39.8 Å². The van der Waals surface area contributed by atoms with Gasteiger partial charge >= 0.3 is 0 Å². The molecule has 1 aromatic carbocycles. The van der Waals surface area contributed by atoms with E-state index >= 15 is 0 Å². The molecule has 0 aliphatic heterocycles. The summed E-state index contributed by atoms with van der Waals surface area (Å²) in [4.78, 5) is 10.1. The Bertz CT molecular complexity index is 347. The van der Waals surface area contributed by atoms with Crippen molar-refractivity contribution in [2.45, 2.75) is 13.8 Å². The summed E-state index contributed by atoms with van der Waals surface area (Å²) in [6, 6.07) is 4.57. The van der Waals surface area contributed by atoms with Crippen molar-refractivity contribution in [2.75, 3.05) is 7.11 Å². The van der Waals surface area contributed by atoms with Gasteiger partial charge in [-0.15, -0.1) is 0 Å². The lowest BCUT2D eigenvalue weighted by Gasteiger charge is -2.10. The van der Waals surface area contributed by atoms with Gasteiger partial charge in [0.2, 0.25) is 0 Å². The molecular weight excluding hydrogens is 182 g/mol. The van der Waals surface area contributed by atoms with Crippen LogP contribution in [-0.2, 0) is 0 Å². The number of ether oxygens (including phenoxy) is 1. The third-order valence-electron chi connectivity index (χ3n) is 1.93. The van der Waals surface area contributed by atoms with Gasteiger partial charge in [-0.1, -0.05) is 13.8 Å². The Morgan fingerprint density at radius 1 is 1.43 bits per heavy atom. The summed E-state index contributed by atoms with van der Waals surface area (Å²) in [5.74, 6) is 1.65. The molecule has 0 fully saturated rings. The van der Waals surface area contributed by atoms with Gasteiger partial charge in [0, 0.05) is 23.6 Å². The summed E-state index contributed by atoms with van der Waals surface area (Å²) in [7, 11) is 1.55. The van der Waals surface area contributed by atoms with E-state index in [1.54, 1.807) is 13.2 Å². The van der Waals surface area contributed by atoms with Crippen molar-refractivity contribution in [3.8, 4) is 5.75 Å². The van der Waals surface area contributed by atoms with E-state index in [0.717, 1.165) is 11.5 Å². The molecule has 75 valence electrons. The van der Waals surface area contributed by atoms with Gasteiger partial charge in [0.05, 0.1) is 12.0 Å². The van der Waals surface area contributed by atoms with Gasteiger partial charge in [0.25, 0.3) is 5.69 Å². The molecule has 0 aliphatic carbocycles. The maximum Gasteiger partial charge on any atom is 0.269 e. The number of non-ortho nitro benzene ring substituents is 1. The first-order valence-corrected chi connectivity index (χ1v) is 4.19. The molecule has 0 atom stereocenters. The van der Waals surface area contributed by atoms with Crippen LogP contribution in [0.2, 0.25) is 0 Å². The zero-order valence-corrected chi connectivity index (χ0v) is 8.40. The van der Waals surface area contributed by atoms with Crippen LogP contribution in [0, 0.1) is 16.0 Å². The predicted octanol–water partition coefficient (Wildman–Crippen LogP) is 2.57. The maximum absolute atomic E-state index is 10.5. The van der Waals surface area contributed by atoms with Gasteiger partial charge in [0.15, 0.2) is 0 Å². The lowest BCUT2D eigenvalue weighted by molar-refractivity contribution is -0.384. The topological polar surface area (TPSA) is 52.4 Å². The molecular formula is C10H12NO3.